The zero-order valence-corrected chi connectivity index (χ0v) is 14.6. The topological polar surface area (TPSA) is 94.0 Å². The highest BCUT2D eigenvalue weighted by Gasteiger charge is 2.34. The molecule has 2 aromatic rings. The van der Waals surface area contributed by atoms with Crippen molar-refractivity contribution in [1.29, 1.82) is 0 Å². The lowest BCUT2D eigenvalue weighted by molar-refractivity contribution is -0.131. The third kappa shape index (κ3) is 4.00. The Kier molecular flexibility index (Phi) is 6.09. The van der Waals surface area contributed by atoms with E-state index in [4.69, 9.17) is 10.3 Å². The summed E-state index contributed by atoms with van der Waals surface area (Å²) >= 11 is 0. The molecule has 130 valence electrons. The molecule has 1 aromatic carbocycles. The fourth-order valence-electron chi connectivity index (χ4n) is 2.66. The molecule has 0 spiro atoms. The van der Waals surface area contributed by atoms with Gasteiger partial charge in [-0.1, -0.05) is 49.3 Å². The summed E-state index contributed by atoms with van der Waals surface area (Å²) in [5, 5.41) is 6.95. The number of carbonyl (C=O) groups is 1. The molecule has 24 heavy (non-hydrogen) atoms. The average Bonchev–Trinajstić information content (AvgIpc) is 3.06. The number of hydrogen-bond donors (Lipinski definition) is 2. The molecule has 1 aromatic heterocycles. The quantitative estimate of drug-likeness (QED) is 0.776. The first-order valence-electron chi connectivity index (χ1n) is 8.42. The van der Waals surface area contributed by atoms with Crippen LogP contribution in [0.15, 0.2) is 34.9 Å². The van der Waals surface area contributed by atoms with Crippen LogP contribution in [0.5, 0.6) is 0 Å². The van der Waals surface area contributed by atoms with Crippen molar-refractivity contribution in [3.8, 4) is 0 Å². The van der Waals surface area contributed by atoms with Crippen molar-refractivity contribution in [1.82, 2.24) is 15.5 Å². The Balaban J connectivity index is 2.03. The molecule has 1 heterocycles. The maximum atomic E-state index is 12.6. The number of amides is 1. The third-order valence-electron chi connectivity index (χ3n) is 4.63. The van der Waals surface area contributed by atoms with Gasteiger partial charge in [-0.3, -0.25) is 4.79 Å². The molecular weight excluding hydrogens is 304 g/mol. The maximum Gasteiger partial charge on any atom is 0.248 e. The van der Waals surface area contributed by atoms with Crippen LogP contribution in [0.3, 0.4) is 0 Å². The van der Waals surface area contributed by atoms with Crippen LogP contribution in [0, 0.1) is 5.41 Å². The maximum absolute atomic E-state index is 12.6. The van der Waals surface area contributed by atoms with Crippen molar-refractivity contribution in [2.45, 2.75) is 46.1 Å². The van der Waals surface area contributed by atoms with E-state index in [1.807, 2.05) is 51.1 Å². The molecule has 0 saturated carbocycles. The summed E-state index contributed by atoms with van der Waals surface area (Å²) in [5.74, 6) is 0.950. The lowest BCUT2D eigenvalue weighted by Gasteiger charge is -2.29. The molecule has 0 saturated heterocycles. The molecule has 1 unspecified atom stereocenters. The molecule has 1 amide bonds. The molecule has 0 bridgehead atoms. The van der Waals surface area contributed by atoms with Gasteiger partial charge in [0.15, 0.2) is 5.82 Å². The van der Waals surface area contributed by atoms with Gasteiger partial charge >= 0.3 is 0 Å². The number of hydrogen-bond acceptors (Lipinski definition) is 5. The van der Waals surface area contributed by atoms with Crippen molar-refractivity contribution < 1.29 is 9.32 Å². The standard InChI is InChI=1S/C18H26N4O2/c1-4-18(5-2,12-19)17(23)20-13(3)16-21-15(22-24-16)11-14-9-7-6-8-10-14/h6-10,13H,4-5,11-12,19H2,1-3H3,(H,20,23). The van der Waals surface area contributed by atoms with Crippen molar-refractivity contribution >= 4 is 5.91 Å². The summed E-state index contributed by atoms with van der Waals surface area (Å²) in [6, 6.07) is 9.59. The van der Waals surface area contributed by atoms with Crippen LogP contribution < -0.4 is 11.1 Å². The molecule has 6 nitrogen and oxygen atoms in total. The molecule has 0 aliphatic heterocycles. The number of carbonyl (C=O) groups excluding carboxylic acids is 1. The number of nitrogens with one attached hydrogen (secondary N) is 1. The lowest BCUT2D eigenvalue weighted by Crippen LogP contribution is -2.46. The van der Waals surface area contributed by atoms with Crippen molar-refractivity contribution in [3.63, 3.8) is 0 Å². The van der Waals surface area contributed by atoms with Crippen molar-refractivity contribution in [2.75, 3.05) is 6.54 Å². The van der Waals surface area contributed by atoms with Gasteiger partial charge in [-0.2, -0.15) is 4.98 Å². The summed E-state index contributed by atoms with van der Waals surface area (Å²) < 4.78 is 5.31. The monoisotopic (exact) mass is 330 g/mol. The third-order valence-corrected chi connectivity index (χ3v) is 4.63. The molecular formula is C18H26N4O2. The van der Waals surface area contributed by atoms with Gasteiger partial charge in [0.05, 0.1) is 5.41 Å². The van der Waals surface area contributed by atoms with Crippen LogP contribution in [-0.4, -0.2) is 22.6 Å². The minimum atomic E-state index is -0.541. The smallest absolute Gasteiger partial charge is 0.248 e. The minimum Gasteiger partial charge on any atom is -0.344 e. The first-order chi connectivity index (χ1) is 11.5. The summed E-state index contributed by atoms with van der Waals surface area (Å²) in [7, 11) is 0. The van der Waals surface area contributed by atoms with Crippen LogP contribution in [-0.2, 0) is 11.2 Å². The van der Waals surface area contributed by atoms with E-state index in [1.165, 1.54) is 0 Å². The highest BCUT2D eigenvalue weighted by atomic mass is 16.5. The summed E-state index contributed by atoms with van der Waals surface area (Å²) in [4.78, 5) is 17.0. The fraction of sp³-hybridized carbons (Fsp3) is 0.500. The number of benzene rings is 1. The predicted molar refractivity (Wildman–Crippen MR) is 92.2 cm³/mol. The number of nitrogens with zero attached hydrogens (tertiary/aromatic N) is 2. The van der Waals surface area contributed by atoms with Gasteiger partial charge < -0.3 is 15.6 Å². The van der Waals surface area contributed by atoms with Crippen LogP contribution in [0.4, 0.5) is 0 Å². The second-order valence-electron chi connectivity index (χ2n) is 6.10. The van der Waals surface area contributed by atoms with Gasteiger partial charge in [-0.25, -0.2) is 0 Å². The number of rotatable bonds is 8. The van der Waals surface area contributed by atoms with Gasteiger partial charge in [0.25, 0.3) is 0 Å². The first-order valence-corrected chi connectivity index (χ1v) is 8.42. The average molecular weight is 330 g/mol. The molecule has 3 N–H and O–H groups in total. The molecule has 0 aliphatic rings. The summed E-state index contributed by atoms with van der Waals surface area (Å²) in [5.41, 5.74) is 6.39. The highest BCUT2D eigenvalue weighted by molar-refractivity contribution is 5.83. The second kappa shape index (κ2) is 8.06. The van der Waals surface area contributed by atoms with Crippen LogP contribution in [0.25, 0.3) is 0 Å². The minimum absolute atomic E-state index is 0.0645. The van der Waals surface area contributed by atoms with E-state index in [0.717, 1.165) is 5.56 Å². The second-order valence-corrected chi connectivity index (χ2v) is 6.10. The van der Waals surface area contributed by atoms with Gasteiger partial charge in [0, 0.05) is 13.0 Å². The molecule has 1 atom stereocenters. The van der Waals surface area contributed by atoms with Gasteiger partial charge in [-0.15, -0.1) is 0 Å². The van der Waals surface area contributed by atoms with Gasteiger partial charge in [-0.05, 0) is 25.3 Å². The molecule has 2 rings (SSSR count). The Morgan fingerprint density at radius 3 is 2.54 bits per heavy atom. The molecule has 0 fully saturated rings. The van der Waals surface area contributed by atoms with Crippen molar-refractivity contribution in [2.24, 2.45) is 11.1 Å². The normalized spacial score (nSPS) is 12.8. The zero-order chi connectivity index (χ0) is 17.6. The Morgan fingerprint density at radius 1 is 1.29 bits per heavy atom. The van der Waals surface area contributed by atoms with E-state index in [-0.39, 0.29) is 11.9 Å². The zero-order valence-electron chi connectivity index (χ0n) is 14.6. The van der Waals surface area contributed by atoms with E-state index in [0.29, 0.717) is 37.5 Å². The Hall–Kier alpha value is -2.21. The summed E-state index contributed by atoms with van der Waals surface area (Å²) in [6.45, 7) is 6.11. The first kappa shape index (κ1) is 18.1. The van der Waals surface area contributed by atoms with Crippen LogP contribution >= 0.6 is 0 Å². The molecule has 0 radical (unpaired) electrons. The van der Waals surface area contributed by atoms with E-state index in [1.54, 1.807) is 0 Å². The van der Waals surface area contributed by atoms with E-state index >= 15 is 0 Å². The molecule has 0 aliphatic carbocycles. The Bertz CT molecular complexity index is 642. The largest absolute Gasteiger partial charge is 0.344 e. The Morgan fingerprint density at radius 2 is 1.96 bits per heavy atom. The highest BCUT2D eigenvalue weighted by Crippen LogP contribution is 2.26. The van der Waals surface area contributed by atoms with Gasteiger partial charge in [0.1, 0.15) is 6.04 Å². The van der Waals surface area contributed by atoms with Gasteiger partial charge in [0.2, 0.25) is 11.8 Å². The van der Waals surface area contributed by atoms with E-state index in [2.05, 4.69) is 15.5 Å². The molecule has 6 heteroatoms. The SMILES string of the molecule is CCC(CC)(CN)C(=O)NC(C)c1nc(Cc2ccccc2)no1. The number of nitrogens with two attached hydrogens (primary N) is 1. The van der Waals surface area contributed by atoms with E-state index in [9.17, 15) is 4.79 Å². The predicted octanol–water partition coefficient (Wildman–Crippen LogP) is 2.60. The fourth-order valence-corrected chi connectivity index (χ4v) is 2.66. The van der Waals surface area contributed by atoms with E-state index < -0.39 is 5.41 Å². The van der Waals surface area contributed by atoms with Crippen molar-refractivity contribution in [3.05, 3.63) is 47.6 Å². The number of aromatic nitrogens is 2. The lowest BCUT2D eigenvalue weighted by atomic mass is 9.81. The Labute approximate surface area is 142 Å². The summed E-state index contributed by atoms with van der Waals surface area (Å²) in [6.07, 6.45) is 1.99. The van der Waals surface area contributed by atoms with Crippen LogP contribution in [0.1, 0.15) is 56.9 Å². The van der Waals surface area contributed by atoms with Crippen LogP contribution in [0.2, 0.25) is 0 Å².